The van der Waals surface area contributed by atoms with Gasteiger partial charge in [0.25, 0.3) is 0 Å². The zero-order valence-electron chi connectivity index (χ0n) is 43.1. The van der Waals surface area contributed by atoms with Gasteiger partial charge in [0.2, 0.25) is 53.2 Å². The number of hydrogen-bond acceptors (Lipinski definition) is 14. The summed E-state index contributed by atoms with van der Waals surface area (Å²) in [6.07, 6.45) is -2.37. The van der Waals surface area contributed by atoms with Crippen molar-refractivity contribution in [2.45, 2.75) is 126 Å². The second kappa shape index (κ2) is 30.8. The van der Waals surface area contributed by atoms with Crippen molar-refractivity contribution in [1.29, 1.82) is 0 Å². The van der Waals surface area contributed by atoms with Gasteiger partial charge in [0, 0.05) is 32.2 Å². The van der Waals surface area contributed by atoms with Gasteiger partial charge in [-0.05, 0) is 41.9 Å². The molecule has 0 saturated carbocycles. The van der Waals surface area contributed by atoms with Crippen LogP contribution in [0.3, 0.4) is 0 Å². The zero-order chi connectivity index (χ0) is 57.5. The van der Waals surface area contributed by atoms with Gasteiger partial charge in [-0.1, -0.05) is 105 Å². The molecule has 9 atom stereocenters. The number of aliphatic hydroxyl groups is 1. The standard InChI is InChI=1S/C53H68N10O15/c1-30(2)45(53(78)63-22-12-19-34(63)28-64)62-52(77)39(25-33-17-10-5-11-18-33)59-50(75)40(26-42(55)66)60-51(76)41(27-44(69)70)61-47(72)36(20-21-43(67)68)56-48(73)38(24-32-15-8-4-9-16-32)58-49(74)37(57-46(71)35(54)29-65)23-31-13-6-3-7-14-31/h3-11,13-18,28,30,34-41,45,65H,12,19-27,29,54H2,1-2H3,(H2,55,66)(H,56,73)(H,57,71)(H,58,74)(H,59,75)(H,60,76)(H,61,72)(H,62,77)(H,67,68)(H,69,70)/t34-,35-,36-,37-,38-,39-,40-,41-,45-/m0/s1. The normalized spacial score (nSPS) is 16.0. The Morgan fingerprint density at radius 3 is 1.35 bits per heavy atom. The van der Waals surface area contributed by atoms with Crippen LogP contribution in [0.2, 0.25) is 0 Å². The number of nitrogens with one attached hydrogen (secondary N) is 7. The molecule has 9 amide bonds. The molecule has 0 spiro atoms. The highest BCUT2D eigenvalue weighted by Crippen LogP contribution is 2.19. The lowest BCUT2D eigenvalue weighted by Gasteiger charge is -2.31. The summed E-state index contributed by atoms with van der Waals surface area (Å²) in [5.41, 5.74) is 12.8. The molecule has 0 unspecified atom stereocenters. The molecular weight excluding hydrogens is 1020 g/mol. The average molecular weight is 1090 g/mol. The number of amides is 9. The molecule has 25 nitrogen and oxygen atoms in total. The van der Waals surface area contributed by atoms with Crippen molar-refractivity contribution < 1.29 is 72.9 Å². The third kappa shape index (κ3) is 19.8. The van der Waals surface area contributed by atoms with E-state index in [0.29, 0.717) is 35.8 Å². The lowest BCUT2D eigenvalue weighted by atomic mass is 9.99. The summed E-state index contributed by atoms with van der Waals surface area (Å²) in [5.74, 6) is -12.8. The molecular formula is C53H68N10O15. The SMILES string of the molecule is CC(C)[C@H](NC(=O)[C@H](Cc1ccccc1)NC(=O)[C@H](CC(N)=O)NC(=O)[C@H](CC(=O)O)NC(=O)[C@H](CCC(=O)O)NC(=O)[C@H](Cc1ccccc1)NC(=O)[C@H](Cc1ccccc1)NC(=O)[C@@H](N)CO)C(=O)N1CCC[C@H]1C=O. The summed E-state index contributed by atoms with van der Waals surface area (Å²) in [6.45, 7) is 2.86. The first-order valence-corrected chi connectivity index (χ1v) is 25.2. The maximum Gasteiger partial charge on any atom is 0.305 e. The number of aldehydes is 1. The van der Waals surface area contributed by atoms with Gasteiger partial charge in [0.1, 0.15) is 54.6 Å². The molecule has 0 radical (unpaired) electrons. The molecule has 1 fully saturated rings. The fourth-order valence-corrected chi connectivity index (χ4v) is 8.39. The largest absolute Gasteiger partial charge is 0.481 e. The highest BCUT2D eigenvalue weighted by Gasteiger charge is 2.39. The Labute approximate surface area is 449 Å². The minimum atomic E-state index is -2.09. The Bertz CT molecular complexity index is 2590. The van der Waals surface area contributed by atoms with E-state index in [2.05, 4.69) is 37.2 Å². The number of primary amides is 1. The second-order valence-electron chi connectivity index (χ2n) is 19.0. The number of likely N-dealkylation sites (tertiary alicyclic amines) is 1. The van der Waals surface area contributed by atoms with E-state index < -0.39 is 158 Å². The fraction of sp³-hybridized carbons (Fsp3) is 0.434. The molecule has 1 saturated heterocycles. The van der Waals surface area contributed by atoms with Crippen LogP contribution in [0, 0.1) is 5.92 Å². The molecule has 0 bridgehead atoms. The van der Waals surface area contributed by atoms with Crippen molar-refractivity contribution in [3.8, 4) is 0 Å². The van der Waals surface area contributed by atoms with Crippen molar-refractivity contribution >= 4 is 71.4 Å². The Kier molecular flexibility index (Phi) is 24.5. The highest BCUT2D eigenvalue weighted by molar-refractivity contribution is 6.00. The predicted octanol–water partition coefficient (Wildman–Crippen LogP) is -2.51. The van der Waals surface area contributed by atoms with Crippen molar-refractivity contribution in [3.05, 3.63) is 108 Å². The number of carbonyl (C=O) groups is 12. The lowest BCUT2D eigenvalue weighted by molar-refractivity contribution is -0.142. The van der Waals surface area contributed by atoms with Crippen molar-refractivity contribution in [2.75, 3.05) is 13.2 Å². The molecule has 78 heavy (non-hydrogen) atoms. The van der Waals surface area contributed by atoms with Crippen molar-refractivity contribution in [1.82, 2.24) is 42.1 Å². The molecule has 0 aromatic heterocycles. The molecule has 1 aliphatic heterocycles. The number of benzene rings is 3. The molecule has 0 aliphatic carbocycles. The number of hydrogen-bond donors (Lipinski definition) is 12. The quantitative estimate of drug-likeness (QED) is 0.0296. The number of nitrogens with zero attached hydrogens (tertiary/aromatic N) is 1. The summed E-state index contributed by atoms with van der Waals surface area (Å²) in [4.78, 5) is 161. The molecule has 4 rings (SSSR count). The minimum absolute atomic E-state index is 0.108. The van der Waals surface area contributed by atoms with Gasteiger partial charge in [0.15, 0.2) is 0 Å². The van der Waals surface area contributed by atoms with Crippen molar-refractivity contribution in [2.24, 2.45) is 17.4 Å². The molecule has 3 aromatic rings. The number of carboxylic acids is 2. The monoisotopic (exact) mass is 1080 g/mol. The van der Waals surface area contributed by atoms with E-state index in [4.69, 9.17) is 11.5 Å². The number of nitrogens with two attached hydrogens (primary N) is 2. The van der Waals surface area contributed by atoms with Gasteiger partial charge in [0.05, 0.1) is 25.5 Å². The number of aliphatic hydroxyl groups excluding tert-OH is 1. The number of aliphatic carboxylic acids is 2. The molecule has 420 valence electrons. The van der Waals surface area contributed by atoms with Crippen LogP contribution >= 0.6 is 0 Å². The Hall–Kier alpha value is -8.58. The van der Waals surface area contributed by atoms with Crippen LogP contribution in [0.4, 0.5) is 0 Å². The average Bonchev–Trinajstić information content (AvgIpc) is 3.90. The van der Waals surface area contributed by atoms with E-state index >= 15 is 0 Å². The Morgan fingerprint density at radius 2 is 0.949 bits per heavy atom. The highest BCUT2D eigenvalue weighted by atomic mass is 16.4. The number of carbonyl (C=O) groups excluding carboxylic acids is 10. The smallest absolute Gasteiger partial charge is 0.305 e. The van der Waals surface area contributed by atoms with E-state index in [9.17, 15) is 72.9 Å². The van der Waals surface area contributed by atoms with Crippen LogP contribution in [0.1, 0.15) is 69.1 Å². The molecule has 14 N–H and O–H groups in total. The van der Waals surface area contributed by atoms with Gasteiger partial charge in [-0.2, -0.15) is 0 Å². The fourth-order valence-electron chi connectivity index (χ4n) is 8.39. The first-order chi connectivity index (χ1) is 37.1. The van der Waals surface area contributed by atoms with Crippen LogP contribution in [0.5, 0.6) is 0 Å². The van der Waals surface area contributed by atoms with Crippen LogP contribution in [-0.4, -0.2) is 159 Å². The number of rotatable bonds is 31. The van der Waals surface area contributed by atoms with E-state index in [1.54, 1.807) is 105 Å². The van der Waals surface area contributed by atoms with Crippen LogP contribution in [0.25, 0.3) is 0 Å². The van der Waals surface area contributed by atoms with Crippen LogP contribution in [0.15, 0.2) is 91.0 Å². The summed E-state index contributed by atoms with van der Waals surface area (Å²) >= 11 is 0. The molecule has 1 aliphatic rings. The Morgan fingerprint density at radius 1 is 0.564 bits per heavy atom. The van der Waals surface area contributed by atoms with Gasteiger partial charge in [-0.25, -0.2) is 0 Å². The lowest BCUT2D eigenvalue weighted by Crippen LogP contribution is -2.61. The maximum atomic E-state index is 14.3. The topological polar surface area (TPSA) is 405 Å². The molecule has 25 heteroatoms. The van der Waals surface area contributed by atoms with Gasteiger partial charge < -0.3 is 73.7 Å². The maximum absolute atomic E-state index is 14.3. The first-order valence-electron chi connectivity index (χ1n) is 25.2. The van der Waals surface area contributed by atoms with E-state index in [-0.39, 0.29) is 25.8 Å². The van der Waals surface area contributed by atoms with E-state index in [1.807, 2.05) is 0 Å². The van der Waals surface area contributed by atoms with E-state index in [1.165, 1.54) is 4.90 Å². The summed E-state index contributed by atoms with van der Waals surface area (Å²) in [7, 11) is 0. The minimum Gasteiger partial charge on any atom is -0.481 e. The summed E-state index contributed by atoms with van der Waals surface area (Å²) < 4.78 is 0. The number of carboxylic acid groups (broad SMARTS) is 2. The zero-order valence-corrected chi connectivity index (χ0v) is 43.1. The third-order valence-electron chi connectivity index (χ3n) is 12.6. The van der Waals surface area contributed by atoms with Gasteiger partial charge >= 0.3 is 11.9 Å². The summed E-state index contributed by atoms with van der Waals surface area (Å²) in [5, 5.41) is 46.0. The van der Waals surface area contributed by atoms with E-state index in [0.717, 1.165) is 0 Å². The first kappa shape index (κ1) is 62.0. The Balaban J connectivity index is 1.60. The van der Waals surface area contributed by atoms with Crippen molar-refractivity contribution in [3.63, 3.8) is 0 Å². The third-order valence-corrected chi connectivity index (χ3v) is 12.6. The second-order valence-corrected chi connectivity index (χ2v) is 19.0. The molecule has 3 aromatic carbocycles. The van der Waals surface area contributed by atoms with Gasteiger partial charge in [-0.3, -0.25) is 52.7 Å². The van der Waals surface area contributed by atoms with Gasteiger partial charge in [-0.15, -0.1) is 0 Å². The van der Waals surface area contributed by atoms with Crippen LogP contribution < -0.4 is 48.7 Å². The van der Waals surface area contributed by atoms with Crippen LogP contribution in [-0.2, 0) is 76.8 Å². The predicted molar refractivity (Wildman–Crippen MR) is 278 cm³/mol. The molecule has 1 heterocycles. The summed E-state index contributed by atoms with van der Waals surface area (Å²) in [6, 6.07) is 11.5.